The zero-order chi connectivity index (χ0) is 15.8. The zero-order valence-corrected chi connectivity index (χ0v) is 14.1. The van der Waals surface area contributed by atoms with Gasteiger partial charge in [-0.15, -0.1) is 12.4 Å². The maximum atomic E-state index is 12.0. The lowest BCUT2D eigenvalue weighted by molar-refractivity contribution is -0.148. The van der Waals surface area contributed by atoms with E-state index in [4.69, 9.17) is 10.5 Å². The van der Waals surface area contributed by atoms with E-state index in [2.05, 4.69) is 5.32 Å². The molecule has 0 bridgehead atoms. The van der Waals surface area contributed by atoms with Gasteiger partial charge in [-0.05, 0) is 24.8 Å². The number of esters is 1. The summed E-state index contributed by atoms with van der Waals surface area (Å²) in [5.74, 6) is -0.533. The highest BCUT2D eigenvalue weighted by molar-refractivity contribution is 5.87. The summed E-state index contributed by atoms with van der Waals surface area (Å²) < 4.78 is 5.07. The molecule has 0 aliphatic carbocycles. The van der Waals surface area contributed by atoms with E-state index in [1.54, 1.807) is 6.92 Å². The number of halogens is 1. The maximum absolute atomic E-state index is 12.0. The van der Waals surface area contributed by atoms with Crippen LogP contribution in [0.25, 0.3) is 0 Å². The van der Waals surface area contributed by atoms with E-state index in [9.17, 15) is 9.59 Å². The summed E-state index contributed by atoms with van der Waals surface area (Å²) in [6.07, 6.45) is 0.431. The Balaban J connectivity index is 0.00000441. The molecule has 124 valence electrons. The fourth-order valence-electron chi connectivity index (χ4n) is 1.71. The predicted molar refractivity (Wildman–Crippen MR) is 88.8 cm³/mol. The van der Waals surface area contributed by atoms with Gasteiger partial charge in [0.05, 0.1) is 12.6 Å². The Morgan fingerprint density at radius 1 is 1.18 bits per heavy atom. The first-order valence-corrected chi connectivity index (χ1v) is 7.16. The Hall–Kier alpha value is -1.59. The largest absolute Gasteiger partial charge is 0.464 e. The highest BCUT2D eigenvalue weighted by Crippen LogP contribution is 2.02. The lowest BCUT2D eigenvalue weighted by atomic mass is 10.1. The van der Waals surface area contributed by atoms with Crippen molar-refractivity contribution in [1.82, 2.24) is 5.32 Å². The first-order valence-electron chi connectivity index (χ1n) is 7.16. The molecule has 1 amide bonds. The summed E-state index contributed by atoms with van der Waals surface area (Å²) >= 11 is 0. The molecule has 5 nitrogen and oxygen atoms in total. The normalized spacial score (nSPS) is 13.0. The molecule has 0 saturated heterocycles. The molecule has 0 fully saturated rings. The third-order valence-corrected chi connectivity index (χ3v) is 2.91. The van der Waals surface area contributed by atoms with Crippen molar-refractivity contribution in [2.75, 3.05) is 6.61 Å². The van der Waals surface area contributed by atoms with Crippen molar-refractivity contribution < 1.29 is 14.3 Å². The van der Waals surface area contributed by atoms with Gasteiger partial charge in [-0.1, -0.05) is 44.2 Å². The second-order valence-electron chi connectivity index (χ2n) is 5.55. The molecule has 0 spiro atoms. The Morgan fingerprint density at radius 3 is 2.32 bits per heavy atom. The highest BCUT2D eigenvalue weighted by atomic mass is 35.5. The van der Waals surface area contributed by atoms with Crippen LogP contribution in [-0.4, -0.2) is 30.6 Å². The van der Waals surface area contributed by atoms with Gasteiger partial charge in [-0.2, -0.15) is 0 Å². The quantitative estimate of drug-likeness (QED) is 0.746. The van der Waals surface area contributed by atoms with Gasteiger partial charge >= 0.3 is 5.97 Å². The topological polar surface area (TPSA) is 81.4 Å². The average Bonchev–Trinajstić information content (AvgIpc) is 2.45. The van der Waals surface area contributed by atoms with Gasteiger partial charge in [0, 0.05) is 0 Å². The molecule has 22 heavy (non-hydrogen) atoms. The summed E-state index contributed by atoms with van der Waals surface area (Å²) in [5, 5.41) is 2.58. The third kappa shape index (κ3) is 7.43. The van der Waals surface area contributed by atoms with Crippen molar-refractivity contribution >= 4 is 24.3 Å². The van der Waals surface area contributed by atoms with E-state index in [1.807, 2.05) is 44.2 Å². The molecule has 0 heterocycles. The Labute approximate surface area is 138 Å². The summed E-state index contributed by atoms with van der Waals surface area (Å²) in [4.78, 5) is 23.6. The van der Waals surface area contributed by atoms with E-state index < -0.39 is 18.1 Å². The van der Waals surface area contributed by atoms with Crippen LogP contribution >= 0.6 is 12.4 Å². The van der Waals surface area contributed by atoms with Crippen LogP contribution in [-0.2, 0) is 20.7 Å². The summed E-state index contributed by atoms with van der Waals surface area (Å²) in [5.41, 5.74) is 6.84. The first-order chi connectivity index (χ1) is 9.90. The minimum absolute atomic E-state index is 0. The van der Waals surface area contributed by atoms with Gasteiger partial charge in [0.15, 0.2) is 0 Å². The van der Waals surface area contributed by atoms with Gasteiger partial charge in [0.1, 0.15) is 6.04 Å². The van der Waals surface area contributed by atoms with E-state index in [1.165, 1.54) is 0 Å². The number of amides is 1. The van der Waals surface area contributed by atoms with E-state index >= 15 is 0 Å². The number of rotatable bonds is 7. The fraction of sp³-hybridized carbons (Fsp3) is 0.500. The van der Waals surface area contributed by atoms with Gasteiger partial charge in [0.2, 0.25) is 5.91 Å². The molecule has 1 aromatic rings. The van der Waals surface area contributed by atoms with Crippen LogP contribution in [0.4, 0.5) is 0 Å². The maximum Gasteiger partial charge on any atom is 0.328 e. The van der Waals surface area contributed by atoms with Crippen LogP contribution in [0.1, 0.15) is 26.3 Å². The summed E-state index contributed by atoms with van der Waals surface area (Å²) in [6.45, 7) is 5.84. The molecule has 1 aromatic carbocycles. The molecule has 2 atom stereocenters. The van der Waals surface area contributed by atoms with Gasteiger partial charge in [-0.25, -0.2) is 4.79 Å². The summed E-state index contributed by atoms with van der Waals surface area (Å²) in [6, 6.07) is 8.13. The molecular formula is C16H25ClN2O3. The smallest absolute Gasteiger partial charge is 0.328 e. The van der Waals surface area contributed by atoms with E-state index in [-0.39, 0.29) is 24.2 Å². The Kier molecular flexibility index (Phi) is 9.45. The molecule has 0 aliphatic rings. The second kappa shape index (κ2) is 10.2. The number of benzene rings is 1. The third-order valence-electron chi connectivity index (χ3n) is 2.91. The average molecular weight is 329 g/mol. The van der Waals surface area contributed by atoms with Crippen molar-refractivity contribution in [3.05, 3.63) is 35.9 Å². The van der Waals surface area contributed by atoms with Crippen LogP contribution in [0.2, 0.25) is 0 Å². The molecule has 0 aliphatic heterocycles. The molecule has 6 heteroatoms. The van der Waals surface area contributed by atoms with Gasteiger partial charge in [0.25, 0.3) is 0 Å². The van der Waals surface area contributed by atoms with Crippen molar-refractivity contribution in [3.63, 3.8) is 0 Å². The molecular weight excluding hydrogens is 304 g/mol. The number of nitrogens with two attached hydrogens (primary N) is 1. The molecule has 0 saturated carbocycles. The highest BCUT2D eigenvalue weighted by Gasteiger charge is 2.21. The number of ether oxygens (including phenoxy) is 1. The predicted octanol–water partition coefficient (Wildman–Crippen LogP) is 1.68. The van der Waals surface area contributed by atoms with Crippen molar-refractivity contribution in [3.8, 4) is 0 Å². The van der Waals surface area contributed by atoms with Crippen LogP contribution < -0.4 is 11.1 Å². The molecule has 0 aromatic heterocycles. The van der Waals surface area contributed by atoms with Crippen molar-refractivity contribution in [1.29, 1.82) is 0 Å². The lowest BCUT2D eigenvalue weighted by Gasteiger charge is -2.17. The number of carbonyl (C=O) groups is 2. The Morgan fingerprint density at radius 2 is 1.77 bits per heavy atom. The minimum Gasteiger partial charge on any atom is -0.464 e. The molecule has 1 rings (SSSR count). The van der Waals surface area contributed by atoms with Crippen molar-refractivity contribution in [2.45, 2.75) is 39.3 Å². The molecule has 0 unspecified atom stereocenters. The molecule has 3 N–H and O–H groups in total. The van der Waals surface area contributed by atoms with Crippen molar-refractivity contribution in [2.24, 2.45) is 11.7 Å². The second-order valence-corrected chi connectivity index (χ2v) is 5.55. The fourth-order valence-corrected chi connectivity index (χ4v) is 1.71. The Bertz CT molecular complexity index is 466. The molecule has 0 radical (unpaired) electrons. The minimum atomic E-state index is -0.696. The van der Waals surface area contributed by atoms with E-state index in [0.29, 0.717) is 13.0 Å². The van der Waals surface area contributed by atoms with Crippen LogP contribution in [0.15, 0.2) is 30.3 Å². The summed E-state index contributed by atoms with van der Waals surface area (Å²) in [7, 11) is 0. The zero-order valence-electron chi connectivity index (χ0n) is 13.2. The van der Waals surface area contributed by atoms with Crippen LogP contribution in [0.5, 0.6) is 0 Å². The number of nitrogens with one attached hydrogen (secondary N) is 1. The number of carbonyl (C=O) groups excluding carboxylic acids is 2. The SMILES string of the molecule is CC(C)COC(=O)[C@H](C)NC(=O)[C@@H](N)Cc1ccccc1.Cl. The standard InChI is InChI=1S/C16H24N2O3.ClH/c1-11(2)10-21-16(20)12(3)18-15(19)14(17)9-13-7-5-4-6-8-13;/h4-8,11-12,14H,9-10,17H2,1-3H3,(H,18,19);1H/t12-,14-;/m0./s1. The van der Waals surface area contributed by atoms with Gasteiger partial charge in [-0.3, -0.25) is 4.79 Å². The number of hydrogen-bond acceptors (Lipinski definition) is 4. The van der Waals surface area contributed by atoms with Crippen LogP contribution in [0, 0.1) is 5.92 Å². The van der Waals surface area contributed by atoms with Gasteiger partial charge < -0.3 is 15.8 Å². The van der Waals surface area contributed by atoms with Crippen LogP contribution in [0.3, 0.4) is 0 Å². The monoisotopic (exact) mass is 328 g/mol. The number of hydrogen-bond donors (Lipinski definition) is 2. The first kappa shape index (κ1) is 20.4. The van der Waals surface area contributed by atoms with E-state index in [0.717, 1.165) is 5.56 Å². The lowest BCUT2D eigenvalue weighted by Crippen LogP contribution is -2.48.